The van der Waals surface area contributed by atoms with Gasteiger partial charge in [0.25, 0.3) is 5.91 Å². The number of nitrogens with one attached hydrogen (secondary N) is 2. The van der Waals surface area contributed by atoms with E-state index >= 15 is 0 Å². The van der Waals surface area contributed by atoms with Crippen LogP contribution in [0, 0.1) is 10.1 Å². The number of hydrogen-bond donors (Lipinski definition) is 3. The number of nitro groups is 1. The average Bonchev–Trinajstić information content (AvgIpc) is 3.24. The number of carbonyl (C=O) groups is 1. The summed E-state index contributed by atoms with van der Waals surface area (Å²) in [4.78, 5) is 31.0. The van der Waals surface area contributed by atoms with Crippen LogP contribution >= 0.6 is 11.3 Å². The van der Waals surface area contributed by atoms with Gasteiger partial charge in [-0.05, 0) is 41.3 Å². The van der Waals surface area contributed by atoms with Crippen molar-refractivity contribution in [1.82, 2.24) is 9.88 Å². The molecule has 0 aliphatic carbocycles. The summed E-state index contributed by atoms with van der Waals surface area (Å²) >= 11 is 1.28. The van der Waals surface area contributed by atoms with E-state index in [9.17, 15) is 14.9 Å². The Hall–Kier alpha value is -4.12. The fourth-order valence-electron chi connectivity index (χ4n) is 3.33. The standard InChI is InChI=1S/C22H22N6O4S/c1-32-15-8-6-14(7-9-15)24-20(28(30)31)13-27-11-10-18-19(12-27)33-22(26-18)21(29)25-17-5-3-2-4-16(17)23/h2-9,13,24H,10-12,23H2,1H3,(H,25,29). The van der Waals surface area contributed by atoms with Crippen LogP contribution < -0.4 is 21.1 Å². The number of para-hydroxylation sites is 2. The Morgan fingerprint density at radius 3 is 2.70 bits per heavy atom. The number of aromatic nitrogens is 1. The Kier molecular flexibility index (Phi) is 6.41. The van der Waals surface area contributed by atoms with Gasteiger partial charge in [0, 0.05) is 17.8 Å². The molecule has 0 radical (unpaired) electrons. The second-order valence-corrected chi connectivity index (χ2v) is 8.36. The lowest BCUT2D eigenvalue weighted by Gasteiger charge is -2.24. The van der Waals surface area contributed by atoms with Gasteiger partial charge in [0.2, 0.25) is 0 Å². The molecule has 33 heavy (non-hydrogen) atoms. The second-order valence-electron chi connectivity index (χ2n) is 7.28. The molecule has 2 heterocycles. The summed E-state index contributed by atoms with van der Waals surface area (Å²) in [6.45, 7) is 0.973. The van der Waals surface area contributed by atoms with Gasteiger partial charge < -0.3 is 30.8 Å². The van der Waals surface area contributed by atoms with Crippen LogP contribution in [0.4, 0.5) is 17.1 Å². The summed E-state index contributed by atoms with van der Waals surface area (Å²) in [5, 5.41) is 17.5. The van der Waals surface area contributed by atoms with E-state index in [2.05, 4.69) is 15.6 Å². The Balaban J connectivity index is 1.46. The third-order valence-corrected chi connectivity index (χ3v) is 6.11. The molecule has 170 valence electrons. The maximum absolute atomic E-state index is 12.6. The molecule has 0 unspecified atom stereocenters. The van der Waals surface area contributed by atoms with Gasteiger partial charge in [-0.1, -0.05) is 12.1 Å². The number of thiazole rings is 1. The van der Waals surface area contributed by atoms with Gasteiger partial charge in [0.15, 0.2) is 5.01 Å². The summed E-state index contributed by atoms with van der Waals surface area (Å²) in [5.74, 6) is 0.183. The zero-order chi connectivity index (χ0) is 23.4. The Labute approximate surface area is 193 Å². The van der Waals surface area contributed by atoms with Crippen molar-refractivity contribution >= 4 is 34.3 Å². The fourth-order valence-corrected chi connectivity index (χ4v) is 4.36. The van der Waals surface area contributed by atoms with Crippen LogP contribution in [0.5, 0.6) is 5.75 Å². The van der Waals surface area contributed by atoms with Gasteiger partial charge in [0.1, 0.15) is 11.4 Å². The normalized spacial score (nSPS) is 13.2. The quantitative estimate of drug-likeness (QED) is 0.273. The molecule has 0 bridgehead atoms. The molecule has 10 nitrogen and oxygen atoms in total. The third kappa shape index (κ3) is 5.21. The molecule has 0 spiro atoms. The van der Waals surface area contributed by atoms with E-state index in [1.165, 1.54) is 17.5 Å². The van der Waals surface area contributed by atoms with Gasteiger partial charge >= 0.3 is 5.82 Å². The zero-order valence-electron chi connectivity index (χ0n) is 17.8. The first-order chi connectivity index (χ1) is 15.9. The molecule has 1 amide bonds. The molecule has 4 N–H and O–H groups in total. The van der Waals surface area contributed by atoms with E-state index in [1.807, 2.05) is 4.90 Å². The number of rotatable bonds is 7. The van der Waals surface area contributed by atoms with Crippen LogP contribution in [0.3, 0.4) is 0 Å². The number of methoxy groups -OCH3 is 1. The lowest BCUT2D eigenvalue weighted by Crippen LogP contribution is -2.27. The van der Waals surface area contributed by atoms with E-state index in [0.717, 1.165) is 10.6 Å². The Bertz CT molecular complexity index is 1210. The molecule has 0 atom stereocenters. The number of ether oxygens (including phenoxy) is 1. The van der Waals surface area contributed by atoms with Crippen molar-refractivity contribution < 1.29 is 14.5 Å². The molecule has 0 saturated carbocycles. The van der Waals surface area contributed by atoms with Gasteiger partial charge in [-0.25, -0.2) is 10.3 Å². The molecular weight excluding hydrogens is 444 g/mol. The molecule has 3 aromatic rings. The van der Waals surface area contributed by atoms with Gasteiger partial charge in [-0.15, -0.1) is 11.3 Å². The van der Waals surface area contributed by atoms with Crippen molar-refractivity contribution in [1.29, 1.82) is 0 Å². The van der Waals surface area contributed by atoms with E-state index in [1.54, 1.807) is 55.6 Å². The van der Waals surface area contributed by atoms with E-state index in [4.69, 9.17) is 10.5 Å². The van der Waals surface area contributed by atoms with E-state index in [0.29, 0.717) is 47.3 Å². The van der Waals surface area contributed by atoms with Crippen molar-refractivity contribution in [3.8, 4) is 5.75 Å². The number of benzene rings is 2. The largest absolute Gasteiger partial charge is 0.497 e. The summed E-state index contributed by atoms with van der Waals surface area (Å²) in [5.41, 5.74) is 8.30. The highest BCUT2D eigenvalue weighted by atomic mass is 32.1. The smallest absolute Gasteiger partial charge is 0.337 e. The summed E-state index contributed by atoms with van der Waals surface area (Å²) in [6.07, 6.45) is 2.06. The lowest BCUT2D eigenvalue weighted by atomic mass is 10.2. The van der Waals surface area contributed by atoms with Crippen molar-refractivity contribution in [2.45, 2.75) is 13.0 Å². The number of carbonyl (C=O) groups excluding carboxylic acids is 1. The van der Waals surface area contributed by atoms with Crippen LogP contribution in [-0.2, 0) is 13.0 Å². The van der Waals surface area contributed by atoms with Crippen LogP contribution in [-0.4, -0.2) is 34.4 Å². The zero-order valence-corrected chi connectivity index (χ0v) is 18.6. The van der Waals surface area contributed by atoms with Gasteiger partial charge in [-0.3, -0.25) is 4.79 Å². The van der Waals surface area contributed by atoms with E-state index < -0.39 is 4.92 Å². The van der Waals surface area contributed by atoms with Gasteiger partial charge in [0.05, 0.1) is 36.9 Å². The third-order valence-electron chi connectivity index (χ3n) is 5.03. The van der Waals surface area contributed by atoms with Crippen molar-refractivity contribution in [3.63, 3.8) is 0 Å². The highest BCUT2D eigenvalue weighted by molar-refractivity contribution is 7.13. The minimum absolute atomic E-state index is 0.148. The number of nitrogens with zero attached hydrogens (tertiary/aromatic N) is 3. The van der Waals surface area contributed by atoms with Crippen molar-refractivity contribution in [3.05, 3.63) is 86.2 Å². The molecule has 2 aromatic carbocycles. The van der Waals surface area contributed by atoms with Crippen LogP contribution in [0.1, 0.15) is 20.4 Å². The van der Waals surface area contributed by atoms with Crippen LogP contribution in [0.2, 0.25) is 0 Å². The topological polar surface area (TPSA) is 136 Å². The van der Waals surface area contributed by atoms with Crippen molar-refractivity contribution in [2.24, 2.45) is 0 Å². The second kappa shape index (κ2) is 9.57. The number of nitrogens with two attached hydrogens (primary N) is 1. The summed E-state index contributed by atoms with van der Waals surface area (Å²) < 4.78 is 5.11. The minimum Gasteiger partial charge on any atom is -0.497 e. The number of nitrogen functional groups attached to an aromatic ring is 1. The Morgan fingerprint density at radius 1 is 1.24 bits per heavy atom. The van der Waals surface area contributed by atoms with Crippen LogP contribution in [0.15, 0.2) is 60.6 Å². The highest BCUT2D eigenvalue weighted by Crippen LogP contribution is 2.27. The molecular formula is C22H22N6O4S. The van der Waals surface area contributed by atoms with Crippen molar-refractivity contribution in [2.75, 3.05) is 30.0 Å². The maximum atomic E-state index is 12.6. The molecule has 0 saturated heterocycles. The summed E-state index contributed by atoms with van der Waals surface area (Å²) in [7, 11) is 1.56. The molecule has 1 aliphatic heterocycles. The number of amides is 1. The first-order valence-corrected chi connectivity index (χ1v) is 10.9. The van der Waals surface area contributed by atoms with Crippen LogP contribution in [0.25, 0.3) is 0 Å². The number of fused-ring (bicyclic) bond motifs is 1. The van der Waals surface area contributed by atoms with Gasteiger partial charge in [-0.2, -0.15) is 0 Å². The van der Waals surface area contributed by atoms with E-state index in [-0.39, 0.29) is 11.7 Å². The number of hydrogen-bond acceptors (Lipinski definition) is 9. The summed E-state index contributed by atoms with van der Waals surface area (Å²) in [6, 6.07) is 13.9. The Morgan fingerprint density at radius 2 is 2.00 bits per heavy atom. The fraction of sp³-hybridized carbons (Fsp3) is 0.182. The minimum atomic E-state index is -0.463. The molecule has 0 fully saturated rings. The lowest BCUT2D eigenvalue weighted by molar-refractivity contribution is -0.423. The first-order valence-electron chi connectivity index (χ1n) is 10.1. The monoisotopic (exact) mass is 466 g/mol. The molecule has 1 aromatic heterocycles. The molecule has 11 heteroatoms. The first kappa shape index (κ1) is 22.1. The highest BCUT2D eigenvalue weighted by Gasteiger charge is 2.24. The predicted molar refractivity (Wildman–Crippen MR) is 127 cm³/mol. The SMILES string of the molecule is COc1ccc(NC(=CN2CCc3nc(C(=O)Nc4ccccc4N)sc3C2)[N+](=O)[O-])cc1. The predicted octanol–water partition coefficient (Wildman–Crippen LogP) is 3.53. The average molecular weight is 467 g/mol. The number of anilines is 3. The molecule has 4 rings (SSSR count). The molecule has 1 aliphatic rings. The maximum Gasteiger partial charge on any atom is 0.337 e.